The topological polar surface area (TPSA) is 56.0 Å². The highest BCUT2D eigenvalue weighted by Crippen LogP contribution is 2.38. The summed E-state index contributed by atoms with van der Waals surface area (Å²) in [6.45, 7) is 0. The van der Waals surface area contributed by atoms with Gasteiger partial charge in [0.2, 0.25) is 0 Å². The molecular formula is C11H5Cl3N2O2. The molecule has 92 valence electrons. The Kier molecular flexibility index (Phi) is 3.71. The largest absolute Gasteiger partial charge is 0.297 e. The van der Waals surface area contributed by atoms with Crippen LogP contribution in [0.4, 0.5) is 5.69 Å². The zero-order valence-corrected chi connectivity index (χ0v) is 11.0. The van der Waals surface area contributed by atoms with E-state index in [1.165, 1.54) is 12.3 Å². The lowest BCUT2D eigenvalue weighted by Crippen LogP contribution is -1.95. The van der Waals surface area contributed by atoms with E-state index < -0.39 is 4.92 Å². The molecule has 1 aromatic carbocycles. The highest BCUT2D eigenvalue weighted by atomic mass is 35.5. The second kappa shape index (κ2) is 5.10. The first-order valence-electron chi connectivity index (χ1n) is 4.75. The van der Waals surface area contributed by atoms with Crippen LogP contribution in [-0.4, -0.2) is 9.91 Å². The van der Waals surface area contributed by atoms with E-state index in [0.717, 1.165) is 0 Å². The molecule has 0 unspecified atom stereocenters. The van der Waals surface area contributed by atoms with Gasteiger partial charge in [0.1, 0.15) is 0 Å². The quantitative estimate of drug-likeness (QED) is 0.601. The summed E-state index contributed by atoms with van der Waals surface area (Å²) in [4.78, 5) is 14.4. The Morgan fingerprint density at radius 1 is 1.17 bits per heavy atom. The van der Waals surface area contributed by atoms with Gasteiger partial charge in [0.25, 0.3) is 5.69 Å². The number of aromatic nitrogens is 1. The number of hydrogen-bond donors (Lipinski definition) is 0. The average Bonchev–Trinajstić information content (AvgIpc) is 2.30. The van der Waals surface area contributed by atoms with Crippen LogP contribution in [0.3, 0.4) is 0 Å². The Bertz CT molecular complexity index is 611. The fourth-order valence-electron chi connectivity index (χ4n) is 1.48. The molecule has 2 rings (SSSR count). The molecule has 18 heavy (non-hydrogen) atoms. The Hall–Kier alpha value is -1.36. The van der Waals surface area contributed by atoms with Gasteiger partial charge in [0, 0.05) is 17.8 Å². The van der Waals surface area contributed by atoms with Crippen LogP contribution >= 0.6 is 34.8 Å². The van der Waals surface area contributed by atoms with Crippen molar-refractivity contribution < 1.29 is 4.92 Å². The molecule has 0 N–H and O–H groups in total. The van der Waals surface area contributed by atoms with Crippen LogP contribution in [-0.2, 0) is 0 Å². The number of hydrogen-bond acceptors (Lipinski definition) is 3. The molecule has 0 amide bonds. The minimum Gasteiger partial charge on any atom is -0.258 e. The first kappa shape index (κ1) is 13.1. The molecule has 0 spiro atoms. The zero-order chi connectivity index (χ0) is 13.3. The fourth-order valence-corrected chi connectivity index (χ4v) is 2.21. The minimum atomic E-state index is -0.576. The van der Waals surface area contributed by atoms with Gasteiger partial charge in [-0.15, -0.1) is 0 Å². The average molecular weight is 304 g/mol. The molecule has 4 nitrogen and oxygen atoms in total. The first-order valence-corrected chi connectivity index (χ1v) is 5.88. The van der Waals surface area contributed by atoms with Gasteiger partial charge in [0.05, 0.1) is 20.0 Å². The highest BCUT2D eigenvalue weighted by molar-refractivity contribution is 6.39. The summed E-state index contributed by atoms with van der Waals surface area (Å²) >= 11 is 17.7. The molecule has 0 bridgehead atoms. The smallest absolute Gasteiger partial charge is 0.258 e. The third-order valence-corrected chi connectivity index (χ3v) is 3.07. The molecule has 0 atom stereocenters. The summed E-state index contributed by atoms with van der Waals surface area (Å²) in [7, 11) is 0. The van der Waals surface area contributed by atoms with Crippen LogP contribution in [0.15, 0.2) is 30.5 Å². The van der Waals surface area contributed by atoms with Crippen LogP contribution in [0.25, 0.3) is 11.3 Å². The summed E-state index contributed by atoms with van der Waals surface area (Å²) in [6, 6.07) is 6.03. The van der Waals surface area contributed by atoms with Gasteiger partial charge in [-0.3, -0.25) is 10.1 Å². The van der Waals surface area contributed by atoms with E-state index in [2.05, 4.69) is 4.98 Å². The third kappa shape index (κ3) is 2.41. The summed E-state index contributed by atoms with van der Waals surface area (Å²) < 4.78 is 0. The van der Waals surface area contributed by atoms with Crippen LogP contribution < -0.4 is 0 Å². The molecule has 0 aliphatic carbocycles. The van der Waals surface area contributed by atoms with E-state index in [9.17, 15) is 10.1 Å². The van der Waals surface area contributed by atoms with Gasteiger partial charge >= 0.3 is 0 Å². The number of nitro groups is 1. The van der Waals surface area contributed by atoms with E-state index in [-0.39, 0.29) is 16.4 Å². The minimum absolute atomic E-state index is 0.0972. The van der Waals surface area contributed by atoms with Gasteiger partial charge in [-0.05, 0) is 12.1 Å². The lowest BCUT2D eigenvalue weighted by atomic mass is 10.1. The third-order valence-electron chi connectivity index (χ3n) is 2.23. The molecule has 0 saturated heterocycles. The molecule has 0 aliphatic rings. The Balaban J connectivity index is 2.75. The van der Waals surface area contributed by atoms with Crippen molar-refractivity contribution in [2.24, 2.45) is 0 Å². The molecule has 7 heteroatoms. The van der Waals surface area contributed by atoms with Crippen molar-refractivity contribution in [1.29, 1.82) is 0 Å². The number of halogens is 3. The number of pyridine rings is 1. The molecule has 0 radical (unpaired) electrons. The summed E-state index contributed by atoms with van der Waals surface area (Å²) in [5.41, 5.74) is 0.182. The van der Waals surface area contributed by atoms with Crippen LogP contribution in [0, 0.1) is 10.1 Å². The Labute approximate surface area is 117 Å². The maximum atomic E-state index is 11.0. The molecule has 0 aliphatic heterocycles. The maximum absolute atomic E-state index is 11.0. The first-order chi connectivity index (χ1) is 8.50. The van der Waals surface area contributed by atoms with E-state index >= 15 is 0 Å². The lowest BCUT2D eigenvalue weighted by molar-refractivity contribution is -0.384. The summed E-state index contributed by atoms with van der Waals surface area (Å²) in [5, 5.41) is 11.7. The second-order valence-corrected chi connectivity index (χ2v) is 4.63. The predicted molar refractivity (Wildman–Crippen MR) is 71.4 cm³/mol. The van der Waals surface area contributed by atoms with Gasteiger partial charge in [0.15, 0.2) is 5.69 Å². The number of rotatable bonds is 2. The van der Waals surface area contributed by atoms with Crippen molar-refractivity contribution in [3.63, 3.8) is 0 Å². The SMILES string of the molecule is O=[N+]([O-])c1cc(Cl)cnc1-c1c(Cl)cccc1Cl. The molecular weight excluding hydrogens is 298 g/mol. The second-order valence-electron chi connectivity index (χ2n) is 3.38. The van der Waals surface area contributed by atoms with Crippen molar-refractivity contribution in [3.05, 3.63) is 55.6 Å². The highest BCUT2D eigenvalue weighted by Gasteiger charge is 2.21. The normalized spacial score (nSPS) is 10.4. The van der Waals surface area contributed by atoms with Crippen molar-refractivity contribution in [2.75, 3.05) is 0 Å². The van der Waals surface area contributed by atoms with E-state index in [1.807, 2.05) is 0 Å². The molecule has 1 aromatic heterocycles. The van der Waals surface area contributed by atoms with E-state index in [1.54, 1.807) is 18.2 Å². The Morgan fingerprint density at radius 3 is 2.33 bits per heavy atom. The number of benzene rings is 1. The standard InChI is InChI=1S/C11H5Cl3N2O2/c12-6-4-9(16(17)18)11(15-5-6)10-7(13)2-1-3-8(10)14/h1-5H. The maximum Gasteiger partial charge on any atom is 0.297 e. The van der Waals surface area contributed by atoms with Crippen LogP contribution in [0.1, 0.15) is 0 Å². The molecule has 0 fully saturated rings. The Morgan fingerprint density at radius 2 is 1.78 bits per heavy atom. The molecule has 1 heterocycles. The van der Waals surface area contributed by atoms with Crippen LogP contribution in [0.5, 0.6) is 0 Å². The lowest BCUT2D eigenvalue weighted by Gasteiger charge is -2.06. The van der Waals surface area contributed by atoms with Gasteiger partial charge in [-0.25, -0.2) is 4.98 Å². The fraction of sp³-hybridized carbons (Fsp3) is 0. The van der Waals surface area contributed by atoms with Gasteiger partial charge < -0.3 is 0 Å². The summed E-state index contributed by atoms with van der Waals surface area (Å²) in [6.07, 6.45) is 1.31. The van der Waals surface area contributed by atoms with Crippen molar-refractivity contribution in [2.45, 2.75) is 0 Å². The zero-order valence-electron chi connectivity index (χ0n) is 8.73. The van der Waals surface area contributed by atoms with Gasteiger partial charge in [-0.1, -0.05) is 40.9 Å². The van der Waals surface area contributed by atoms with Crippen molar-refractivity contribution in [3.8, 4) is 11.3 Å². The van der Waals surface area contributed by atoms with Crippen LogP contribution in [0.2, 0.25) is 15.1 Å². The number of nitrogens with zero attached hydrogens (tertiary/aromatic N) is 2. The van der Waals surface area contributed by atoms with Crippen molar-refractivity contribution in [1.82, 2.24) is 4.98 Å². The van der Waals surface area contributed by atoms with E-state index in [4.69, 9.17) is 34.8 Å². The monoisotopic (exact) mass is 302 g/mol. The molecule has 2 aromatic rings. The summed E-state index contributed by atoms with van der Waals surface area (Å²) in [5.74, 6) is 0. The molecule has 0 saturated carbocycles. The van der Waals surface area contributed by atoms with E-state index in [0.29, 0.717) is 15.6 Å². The van der Waals surface area contributed by atoms with Gasteiger partial charge in [-0.2, -0.15) is 0 Å². The predicted octanol–water partition coefficient (Wildman–Crippen LogP) is 4.62. The van der Waals surface area contributed by atoms with Crippen molar-refractivity contribution >= 4 is 40.5 Å².